The van der Waals surface area contributed by atoms with Crippen molar-refractivity contribution in [1.82, 2.24) is 5.32 Å². The second kappa shape index (κ2) is 7.09. The van der Waals surface area contributed by atoms with Gasteiger partial charge in [0.2, 0.25) is 0 Å². The van der Waals surface area contributed by atoms with Crippen molar-refractivity contribution >= 4 is 46.1 Å². The quantitative estimate of drug-likeness (QED) is 0.630. The van der Waals surface area contributed by atoms with Gasteiger partial charge in [0.15, 0.2) is 0 Å². The molecule has 0 unspecified atom stereocenters. The molecule has 0 bridgehead atoms. The van der Waals surface area contributed by atoms with E-state index in [1.807, 2.05) is 13.8 Å². The molecule has 1 N–H and O–H groups in total. The normalized spacial score (nSPS) is 12.1. The van der Waals surface area contributed by atoms with E-state index in [2.05, 4.69) is 32.6 Å². The van der Waals surface area contributed by atoms with Crippen molar-refractivity contribution in [2.24, 2.45) is 5.92 Å². The molecule has 0 fully saturated rings. The molecule has 0 aromatic heterocycles. The van der Waals surface area contributed by atoms with Crippen LogP contribution < -0.4 is 5.32 Å². The number of nitrogens with one attached hydrogen (secondary N) is 1. The first-order valence-corrected chi connectivity index (χ1v) is 7.16. The van der Waals surface area contributed by atoms with Crippen LogP contribution in [0.25, 0.3) is 0 Å². The first-order chi connectivity index (χ1) is 8.86. The Bertz CT molecular complexity index is 491. The van der Waals surface area contributed by atoms with Crippen molar-refractivity contribution in [1.29, 1.82) is 0 Å². The molecule has 0 aliphatic carbocycles. The van der Waals surface area contributed by atoms with Crippen molar-refractivity contribution in [2.45, 2.75) is 19.9 Å². The van der Waals surface area contributed by atoms with Crippen LogP contribution in [0.5, 0.6) is 0 Å². The predicted molar refractivity (Wildman–Crippen MR) is 82.3 cm³/mol. The molecular weight excluding hydrogens is 381 g/mol. The largest absolute Gasteiger partial charge is 0.467 e. The second-order valence-electron chi connectivity index (χ2n) is 4.35. The number of hydrogen-bond donors (Lipinski definition) is 1. The fraction of sp³-hybridized carbons (Fsp3) is 0.385. The van der Waals surface area contributed by atoms with Gasteiger partial charge in [-0.2, -0.15) is 0 Å². The van der Waals surface area contributed by atoms with Crippen LogP contribution >= 0.6 is 34.2 Å². The Kier molecular flexibility index (Phi) is 6.06. The van der Waals surface area contributed by atoms with E-state index in [0.717, 1.165) is 3.57 Å². The summed E-state index contributed by atoms with van der Waals surface area (Å²) in [6, 6.07) is 4.32. The summed E-state index contributed by atoms with van der Waals surface area (Å²) in [7, 11) is 1.30. The maximum Gasteiger partial charge on any atom is 0.328 e. The minimum Gasteiger partial charge on any atom is -0.467 e. The van der Waals surface area contributed by atoms with E-state index in [1.54, 1.807) is 18.2 Å². The molecule has 0 saturated carbocycles. The Balaban J connectivity index is 2.87. The molecule has 19 heavy (non-hydrogen) atoms. The average molecular weight is 396 g/mol. The number of benzene rings is 1. The molecule has 0 aliphatic heterocycles. The molecule has 0 heterocycles. The zero-order chi connectivity index (χ0) is 14.6. The molecule has 6 heteroatoms. The predicted octanol–water partition coefficient (Wildman–Crippen LogP) is 2.87. The van der Waals surface area contributed by atoms with Crippen molar-refractivity contribution < 1.29 is 14.3 Å². The third-order valence-electron chi connectivity index (χ3n) is 2.59. The molecule has 1 aromatic carbocycles. The second-order valence-corrected chi connectivity index (χ2v) is 5.92. The van der Waals surface area contributed by atoms with Gasteiger partial charge in [0.1, 0.15) is 6.04 Å². The number of carbonyl (C=O) groups excluding carboxylic acids is 2. The van der Waals surface area contributed by atoms with Gasteiger partial charge in [-0.1, -0.05) is 25.4 Å². The standard InChI is InChI=1S/C13H15ClINO3/c1-7(2)11(13(18)19-3)16-12(17)8-4-5-10(15)9(14)6-8/h4-7,11H,1-3H3,(H,16,17)/t11-/m0/s1. The maximum atomic E-state index is 12.1. The van der Waals surface area contributed by atoms with E-state index < -0.39 is 12.0 Å². The monoisotopic (exact) mass is 395 g/mol. The molecule has 0 aliphatic rings. The fourth-order valence-electron chi connectivity index (χ4n) is 1.49. The fourth-order valence-corrected chi connectivity index (χ4v) is 2.00. The van der Waals surface area contributed by atoms with E-state index in [0.29, 0.717) is 10.6 Å². The van der Waals surface area contributed by atoms with E-state index >= 15 is 0 Å². The van der Waals surface area contributed by atoms with E-state index in [9.17, 15) is 9.59 Å². The average Bonchev–Trinajstić information content (AvgIpc) is 2.37. The van der Waals surface area contributed by atoms with Gasteiger partial charge in [-0.3, -0.25) is 4.79 Å². The molecule has 0 saturated heterocycles. The molecule has 104 valence electrons. The Hall–Kier alpha value is -0.820. The number of methoxy groups -OCH3 is 1. The topological polar surface area (TPSA) is 55.4 Å². The van der Waals surface area contributed by atoms with Crippen LogP contribution in [-0.4, -0.2) is 25.0 Å². The Morgan fingerprint density at radius 3 is 2.47 bits per heavy atom. The van der Waals surface area contributed by atoms with Gasteiger partial charge in [-0.15, -0.1) is 0 Å². The summed E-state index contributed by atoms with van der Waals surface area (Å²) in [4.78, 5) is 23.6. The Labute approximate surface area is 131 Å². The maximum absolute atomic E-state index is 12.1. The van der Waals surface area contributed by atoms with Gasteiger partial charge >= 0.3 is 5.97 Å². The van der Waals surface area contributed by atoms with Gasteiger partial charge in [0.25, 0.3) is 5.91 Å². The van der Waals surface area contributed by atoms with E-state index in [1.165, 1.54) is 7.11 Å². The number of carbonyl (C=O) groups is 2. The summed E-state index contributed by atoms with van der Waals surface area (Å²) in [6.45, 7) is 3.67. The molecule has 4 nitrogen and oxygen atoms in total. The van der Waals surface area contributed by atoms with Crippen LogP contribution in [-0.2, 0) is 9.53 Å². The molecular formula is C13H15ClINO3. The number of ether oxygens (including phenoxy) is 1. The summed E-state index contributed by atoms with van der Waals surface area (Å²) in [6.07, 6.45) is 0. The number of rotatable bonds is 4. The third kappa shape index (κ3) is 4.35. The molecule has 0 radical (unpaired) electrons. The number of amides is 1. The van der Waals surface area contributed by atoms with Crippen LogP contribution in [0.4, 0.5) is 0 Å². The molecule has 1 rings (SSSR count). The third-order valence-corrected chi connectivity index (χ3v) is 4.16. The summed E-state index contributed by atoms with van der Waals surface area (Å²) < 4.78 is 5.54. The van der Waals surface area contributed by atoms with E-state index in [4.69, 9.17) is 11.6 Å². The van der Waals surface area contributed by atoms with Crippen molar-refractivity contribution in [3.05, 3.63) is 32.4 Å². The summed E-state index contributed by atoms with van der Waals surface area (Å²) >= 11 is 8.05. The van der Waals surface area contributed by atoms with Gasteiger partial charge in [0.05, 0.1) is 12.1 Å². The highest BCUT2D eigenvalue weighted by Crippen LogP contribution is 2.19. The van der Waals surface area contributed by atoms with Crippen molar-refractivity contribution in [3.63, 3.8) is 0 Å². The summed E-state index contributed by atoms with van der Waals surface area (Å²) in [5.74, 6) is -0.863. The van der Waals surface area contributed by atoms with Crippen molar-refractivity contribution in [2.75, 3.05) is 7.11 Å². The zero-order valence-corrected chi connectivity index (χ0v) is 13.8. The number of halogens is 2. The van der Waals surface area contributed by atoms with Gasteiger partial charge < -0.3 is 10.1 Å². The smallest absolute Gasteiger partial charge is 0.328 e. The zero-order valence-electron chi connectivity index (χ0n) is 10.9. The molecule has 1 atom stereocenters. The number of esters is 1. The lowest BCUT2D eigenvalue weighted by Crippen LogP contribution is -2.45. The summed E-state index contributed by atoms with van der Waals surface area (Å²) in [5.41, 5.74) is 0.417. The van der Waals surface area contributed by atoms with Crippen LogP contribution in [0.3, 0.4) is 0 Å². The minimum absolute atomic E-state index is 0.0595. The van der Waals surface area contributed by atoms with Crippen molar-refractivity contribution in [3.8, 4) is 0 Å². The van der Waals surface area contributed by atoms with Crippen LogP contribution in [0.15, 0.2) is 18.2 Å². The Morgan fingerprint density at radius 2 is 2.00 bits per heavy atom. The number of hydrogen-bond acceptors (Lipinski definition) is 3. The molecule has 1 amide bonds. The molecule has 0 spiro atoms. The SMILES string of the molecule is COC(=O)[C@@H](NC(=O)c1ccc(I)c(Cl)c1)C(C)C. The van der Waals surface area contributed by atoms with Crippen LogP contribution in [0.1, 0.15) is 24.2 Å². The van der Waals surface area contributed by atoms with Gasteiger partial charge in [-0.05, 0) is 46.7 Å². The van der Waals surface area contributed by atoms with Gasteiger partial charge in [0, 0.05) is 9.13 Å². The first-order valence-electron chi connectivity index (χ1n) is 5.70. The highest BCUT2D eigenvalue weighted by Gasteiger charge is 2.25. The lowest BCUT2D eigenvalue weighted by atomic mass is 10.0. The minimum atomic E-state index is -0.671. The summed E-state index contributed by atoms with van der Waals surface area (Å²) in [5, 5.41) is 3.16. The lowest BCUT2D eigenvalue weighted by molar-refractivity contribution is -0.144. The lowest BCUT2D eigenvalue weighted by Gasteiger charge is -2.19. The van der Waals surface area contributed by atoms with Crippen LogP contribution in [0, 0.1) is 9.49 Å². The highest BCUT2D eigenvalue weighted by molar-refractivity contribution is 14.1. The van der Waals surface area contributed by atoms with Crippen LogP contribution in [0.2, 0.25) is 5.02 Å². The van der Waals surface area contributed by atoms with Gasteiger partial charge in [-0.25, -0.2) is 4.79 Å². The van der Waals surface area contributed by atoms with E-state index in [-0.39, 0.29) is 11.8 Å². The Morgan fingerprint density at radius 1 is 1.37 bits per heavy atom. The highest BCUT2D eigenvalue weighted by atomic mass is 127. The first kappa shape index (κ1) is 16.2. The molecule has 1 aromatic rings.